The van der Waals surface area contributed by atoms with E-state index in [2.05, 4.69) is 20.2 Å². The first-order valence-electron chi connectivity index (χ1n) is 8.48. The Bertz CT molecular complexity index is 1150. The number of non-ortho nitro benzene ring substituents is 1. The number of amides is 1. The maximum atomic E-state index is 12.7. The molecular formula is C18H16N4O8S. The predicted octanol–water partition coefficient (Wildman–Crippen LogP) is 1.87. The smallest absolute Gasteiger partial charge is 0.357 e. The third-order valence-corrected chi connectivity index (χ3v) is 4.71. The molecule has 0 fully saturated rings. The largest absolute Gasteiger partial charge is 0.464 e. The summed E-state index contributed by atoms with van der Waals surface area (Å²) in [5, 5.41) is 24.8. The van der Waals surface area contributed by atoms with Gasteiger partial charge in [0.25, 0.3) is 11.6 Å². The molecule has 0 aliphatic rings. The Morgan fingerprint density at radius 3 is 2.55 bits per heavy atom. The number of carbonyl (C=O) groups excluding carboxylic acids is 4. The molecule has 31 heavy (non-hydrogen) atoms. The molecule has 0 bridgehead atoms. The summed E-state index contributed by atoms with van der Waals surface area (Å²) in [7, 11) is 0.945. The minimum Gasteiger partial charge on any atom is -0.464 e. The van der Waals surface area contributed by atoms with Crippen molar-refractivity contribution in [2.45, 2.75) is 13.8 Å². The highest BCUT2D eigenvalue weighted by Gasteiger charge is 2.39. The van der Waals surface area contributed by atoms with Crippen LogP contribution in [0.25, 0.3) is 10.2 Å². The maximum Gasteiger partial charge on any atom is 0.357 e. The molecule has 12 nitrogen and oxygen atoms in total. The molecule has 162 valence electrons. The van der Waals surface area contributed by atoms with Crippen molar-refractivity contribution < 1.29 is 34.0 Å². The van der Waals surface area contributed by atoms with E-state index in [0.717, 1.165) is 24.5 Å². The molecule has 1 aromatic heterocycles. The number of nitro benzene ring substituents is 1. The van der Waals surface area contributed by atoms with Gasteiger partial charge in [-0.2, -0.15) is 0 Å². The second-order valence-corrected chi connectivity index (χ2v) is 7.31. The van der Waals surface area contributed by atoms with Gasteiger partial charge in [0.2, 0.25) is 5.78 Å². The van der Waals surface area contributed by atoms with Gasteiger partial charge in [-0.3, -0.25) is 29.8 Å². The normalized spacial score (nSPS) is 12.0. The van der Waals surface area contributed by atoms with Crippen LogP contribution in [0.5, 0.6) is 0 Å². The number of anilines is 1. The molecule has 0 spiro atoms. The van der Waals surface area contributed by atoms with Crippen LogP contribution >= 0.6 is 11.3 Å². The number of Topliss-reactive ketones (excluding diaryl/α,β-unsaturated/α-hetero) is 1. The minimum absolute atomic E-state index is 0.0668. The van der Waals surface area contributed by atoms with Crippen LogP contribution in [0.15, 0.2) is 35.0 Å². The molecule has 0 saturated carbocycles. The number of allylic oxidation sites excluding steroid dienone is 2. The number of esters is 1. The van der Waals surface area contributed by atoms with Gasteiger partial charge in [-0.1, -0.05) is 22.1 Å². The molecule has 2 N–H and O–H groups in total. The van der Waals surface area contributed by atoms with E-state index < -0.39 is 40.0 Å². The molecule has 0 aliphatic carbocycles. The average molecular weight is 448 g/mol. The van der Waals surface area contributed by atoms with Crippen molar-refractivity contribution in [1.29, 1.82) is 0 Å². The van der Waals surface area contributed by atoms with Gasteiger partial charge in [-0.15, -0.1) is 0 Å². The molecule has 2 aromatic rings. The van der Waals surface area contributed by atoms with Gasteiger partial charge >= 0.3 is 5.97 Å². The lowest BCUT2D eigenvalue weighted by Gasteiger charge is -2.12. The lowest BCUT2D eigenvalue weighted by atomic mass is 9.91. The van der Waals surface area contributed by atoms with Crippen LogP contribution in [0.2, 0.25) is 0 Å². The SMILES string of the molecule is COC(=O)/C(=N\O)[C@@H](C(=O)C=C(C)C)C(=O)C(=O)Nc1nc2ccc([N+](=O)[O-])cc2s1. The summed E-state index contributed by atoms with van der Waals surface area (Å²) in [5.41, 5.74) is -0.328. The van der Waals surface area contributed by atoms with Crippen molar-refractivity contribution in [3.05, 3.63) is 40.0 Å². The molecule has 0 saturated heterocycles. The number of thiazole rings is 1. The van der Waals surface area contributed by atoms with Gasteiger partial charge in [-0.05, 0) is 26.0 Å². The van der Waals surface area contributed by atoms with Crippen LogP contribution < -0.4 is 5.32 Å². The molecule has 13 heteroatoms. The molecule has 2 rings (SSSR count). The lowest BCUT2D eigenvalue weighted by Crippen LogP contribution is -2.42. The number of rotatable bonds is 8. The summed E-state index contributed by atoms with van der Waals surface area (Å²) < 4.78 is 4.78. The number of benzene rings is 1. The molecule has 0 aliphatic heterocycles. The van der Waals surface area contributed by atoms with Crippen LogP contribution in [0, 0.1) is 16.0 Å². The number of hydrogen-bond acceptors (Lipinski definition) is 11. The highest BCUT2D eigenvalue weighted by Crippen LogP contribution is 2.29. The number of fused-ring (bicyclic) bond motifs is 1. The molecule has 1 amide bonds. The second-order valence-electron chi connectivity index (χ2n) is 6.28. The van der Waals surface area contributed by atoms with Crippen molar-refractivity contribution in [2.24, 2.45) is 11.1 Å². The van der Waals surface area contributed by atoms with E-state index in [1.54, 1.807) is 13.8 Å². The first-order valence-corrected chi connectivity index (χ1v) is 9.29. The third-order valence-electron chi connectivity index (χ3n) is 3.78. The monoisotopic (exact) mass is 448 g/mol. The van der Waals surface area contributed by atoms with Crippen LogP contribution in [0.1, 0.15) is 13.8 Å². The van der Waals surface area contributed by atoms with Gasteiger partial charge in [0.05, 0.1) is 22.2 Å². The summed E-state index contributed by atoms with van der Waals surface area (Å²) in [6.07, 6.45) is 1.01. The van der Waals surface area contributed by atoms with Crippen molar-refractivity contribution in [2.75, 3.05) is 12.4 Å². The Kier molecular flexibility index (Phi) is 7.26. The number of aromatic nitrogens is 1. The summed E-state index contributed by atoms with van der Waals surface area (Å²) in [6.45, 7) is 3.10. The highest BCUT2D eigenvalue weighted by atomic mass is 32.1. The van der Waals surface area contributed by atoms with E-state index in [-0.39, 0.29) is 10.8 Å². The van der Waals surface area contributed by atoms with Crippen molar-refractivity contribution in [3.63, 3.8) is 0 Å². The second kappa shape index (κ2) is 9.67. The first kappa shape index (κ1) is 23.3. The van der Waals surface area contributed by atoms with Crippen LogP contribution in [-0.2, 0) is 23.9 Å². The number of carbonyl (C=O) groups is 4. The predicted molar refractivity (Wildman–Crippen MR) is 109 cm³/mol. The quantitative estimate of drug-likeness (QED) is 0.0891. The Balaban J connectivity index is 2.36. The lowest BCUT2D eigenvalue weighted by molar-refractivity contribution is -0.384. The first-order chi connectivity index (χ1) is 14.6. The minimum atomic E-state index is -2.04. The number of oxime groups is 1. The van der Waals surface area contributed by atoms with Crippen LogP contribution in [-0.4, -0.2) is 51.4 Å². The maximum absolute atomic E-state index is 12.7. The Hall–Kier alpha value is -4.00. The molecule has 1 atom stereocenters. The number of ether oxygens (including phenoxy) is 1. The van der Waals surface area contributed by atoms with Crippen LogP contribution in [0.3, 0.4) is 0 Å². The molecule has 0 unspecified atom stereocenters. The zero-order valence-electron chi connectivity index (χ0n) is 16.4. The third kappa shape index (κ3) is 5.33. The molecular weight excluding hydrogens is 432 g/mol. The molecule has 1 aromatic carbocycles. The zero-order chi connectivity index (χ0) is 23.3. The van der Waals surface area contributed by atoms with Crippen molar-refractivity contribution in [1.82, 2.24) is 4.98 Å². The number of nitro groups is 1. The van der Waals surface area contributed by atoms with E-state index in [0.29, 0.717) is 15.8 Å². The highest BCUT2D eigenvalue weighted by molar-refractivity contribution is 7.22. The summed E-state index contributed by atoms with van der Waals surface area (Å²) in [6, 6.07) is 3.85. The Labute approximate surface area is 178 Å². The van der Waals surface area contributed by atoms with Crippen LogP contribution in [0.4, 0.5) is 10.8 Å². The summed E-state index contributed by atoms with van der Waals surface area (Å²) in [5.74, 6) is -6.96. The van der Waals surface area contributed by atoms with Gasteiger partial charge in [0, 0.05) is 12.1 Å². The number of nitrogens with one attached hydrogen (secondary N) is 1. The van der Waals surface area contributed by atoms with Gasteiger partial charge in [-0.25, -0.2) is 9.78 Å². The zero-order valence-corrected chi connectivity index (χ0v) is 17.3. The topological polar surface area (TPSA) is 178 Å². The number of ketones is 2. The van der Waals surface area contributed by atoms with E-state index in [9.17, 15) is 29.3 Å². The van der Waals surface area contributed by atoms with Gasteiger partial charge < -0.3 is 9.94 Å². The molecule has 0 radical (unpaired) electrons. The number of hydrogen-bond donors (Lipinski definition) is 2. The van der Waals surface area contributed by atoms with E-state index in [1.165, 1.54) is 18.2 Å². The summed E-state index contributed by atoms with van der Waals surface area (Å²) in [4.78, 5) is 63.8. The fraction of sp³-hybridized carbons (Fsp3) is 0.222. The number of nitrogens with zero attached hydrogens (tertiary/aromatic N) is 3. The summed E-state index contributed by atoms with van der Waals surface area (Å²) >= 11 is 0.862. The number of methoxy groups -OCH3 is 1. The van der Waals surface area contributed by atoms with Crippen molar-refractivity contribution in [3.8, 4) is 0 Å². The van der Waals surface area contributed by atoms with Gasteiger partial charge in [0.1, 0.15) is 5.92 Å². The van der Waals surface area contributed by atoms with E-state index >= 15 is 0 Å². The fourth-order valence-corrected chi connectivity index (χ4v) is 3.34. The van der Waals surface area contributed by atoms with E-state index in [1.807, 2.05) is 0 Å². The van der Waals surface area contributed by atoms with E-state index in [4.69, 9.17) is 5.21 Å². The fourth-order valence-electron chi connectivity index (χ4n) is 2.45. The molecule has 1 heterocycles. The standard InChI is InChI=1S/C18H16N4O8S/c1-8(2)6-11(23)13(14(21-27)17(26)30-3)15(24)16(25)20-18-19-10-5-4-9(22(28)29)7-12(10)31-18/h4-7,13,27H,1-3H3,(H,19,20,25)/b21-14-/t13-/m1/s1. The Morgan fingerprint density at radius 1 is 1.32 bits per heavy atom. The Morgan fingerprint density at radius 2 is 2.00 bits per heavy atom. The average Bonchev–Trinajstić information content (AvgIpc) is 3.11. The van der Waals surface area contributed by atoms with Crippen molar-refractivity contribution >= 4 is 61.5 Å². The van der Waals surface area contributed by atoms with Gasteiger partial charge in [0.15, 0.2) is 16.6 Å².